The van der Waals surface area contributed by atoms with Crippen molar-refractivity contribution in [1.82, 2.24) is 19.1 Å². The quantitative estimate of drug-likeness (QED) is 0.390. The minimum Gasteiger partial charge on any atom is -0.379 e. The van der Waals surface area contributed by atoms with Crippen molar-refractivity contribution in [2.75, 3.05) is 44.0 Å². The van der Waals surface area contributed by atoms with Crippen LogP contribution in [0, 0.1) is 0 Å². The zero-order chi connectivity index (χ0) is 25.7. The number of carbonyl (C=O) groups is 1. The van der Waals surface area contributed by atoms with Gasteiger partial charge in [0.15, 0.2) is 11.0 Å². The Hall–Kier alpha value is -2.73. The average molecular weight is 530 g/mol. The van der Waals surface area contributed by atoms with Crippen molar-refractivity contribution in [3.63, 3.8) is 0 Å². The number of anilines is 1. The third-order valence-electron chi connectivity index (χ3n) is 6.24. The number of morpholine rings is 1. The molecular weight excluding hydrogens is 498 g/mol. The summed E-state index contributed by atoms with van der Waals surface area (Å²) in [6, 6.07) is 16.3. The first kappa shape index (κ1) is 26.3. The van der Waals surface area contributed by atoms with E-state index >= 15 is 0 Å². The normalized spacial score (nSPS) is 15.5. The molecule has 4 rings (SSSR count). The first-order valence-corrected chi connectivity index (χ1v) is 14.3. The van der Waals surface area contributed by atoms with Crippen molar-refractivity contribution >= 4 is 33.4 Å². The first-order valence-electron chi connectivity index (χ1n) is 11.9. The van der Waals surface area contributed by atoms with E-state index in [-0.39, 0.29) is 22.6 Å². The number of nitrogens with zero attached hydrogens (tertiary/aromatic N) is 5. The molecule has 1 aromatic heterocycles. The van der Waals surface area contributed by atoms with E-state index in [4.69, 9.17) is 4.74 Å². The summed E-state index contributed by atoms with van der Waals surface area (Å²) in [7, 11) is -1.89. The second kappa shape index (κ2) is 11.5. The van der Waals surface area contributed by atoms with Crippen LogP contribution in [0.3, 0.4) is 0 Å². The van der Waals surface area contributed by atoms with Crippen LogP contribution in [0.2, 0.25) is 0 Å². The zero-order valence-electron chi connectivity index (χ0n) is 20.7. The molecule has 1 aliphatic heterocycles. The summed E-state index contributed by atoms with van der Waals surface area (Å²) < 4.78 is 35.1. The molecule has 0 unspecified atom stereocenters. The molecule has 2 aromatic carbocycles. The molecule has 3 aromatic rings. The highest BCUT2D eigenvalue weighted by Crippen LogP contribution is 2.31. The van der Waals surface area contributed by atoms with Gasteiger partial charge < -0.3 is 9.64 Å². The minimum atomic E-state index is -3.64. The molecule has 1 fully saturated rings. The number of carbonyl (C=O) groups excluding carboxylic acids is 1. The van der Waals surface area contributed by atoms with Crippen LogP contribution in [-0.4, -0.2) is 72.5 Å². The van der Waals surface area contributed by atoms with Crippen molar-refractivity contribution < 1.29 is 17.9 Å². The van der Waals surface area contributed by atoms with Gasteiger partial charge in [0.05, 0.1) is 23.9 Å². The summed E-state index contributed by atoms with van der Waals surface area (Å²) in [5.74, 6) is 0.727. The standard InChI is InChI=1S/C25H31N5O4S2/c1-4-19(2)30-24(20-9-8-12-22(17-20)36(32,33)29-13-15-34-16-14-29)26-27-25(30)35-18-23(31)28(3)21-10-6-5-7-11-21/h5-12,17,19H,4,13-16,18H2,1-3H3/t19-/m0/s1. The van der Waals surface area contributed by atoms with Gasteiger partial charge in [0.25, 0.3) is 0 Å². The van der Waals surface area contributed by atoms with E-state index in [2.05, 4.69) is 24.0 Å². The van der Waals surface area contributed by atoms with Gasteiger partial charge in [-0.1, -0.05) is 49.0 Å². The highest BCUT2D eigenvalue weighted by Gasteiger charge is 2.27. The molecule has 0 spiro atoms. The fourth-order valence-corrected chi connectivity index (χ4v) is 6.31. The van der Waals surface area contributed by atoms with Crippen LogP contribution in [0.1, 0.15) is 26.3 Å². The maximum absolute atomic E-state index is 13.2. The van der Waals surface area contributed by atoms with Crippen molar-refractivity contribution in [1.29, 1.82) is 0 Å². The molecule has 0 aliphatic carbocycles. The molecule has 0 saturated carbocycles. The Labute approximate surface area is 216 Å². The molecule has 1 aliphatic rings. The Balaban J connectivity index is 1.59. The Kier molecular flexibility index (Phi) is 8.45. The van der Waals surface area contributed by atoms with Gasteiger partial charge in [-0.25, -0.2) is 8.42 Å². The monoisotopic (exact) mass is 529 g/mol. The number of rotatable bonds is 9. The van der Waals surface area contributed by atoms with Crippen LogP contribution in [0.25, 0.3) is 11.4 Å². The van der Waals surface area contributed by atoms with E-state index in [0.717, 1.165) is 12.1 Å². The minimum absolute atomic E-state index is 0.0509. The molecule has 192 valence electrons. The molecule has 1 saturated heterocycles. The van der Waals surface area contributed by atoms with Gasteiger partial charge in [0.1, 0.15) is 0 Å². The number of hydrogen-bond donors (Lipinski definition) is 0. The predicted octanol–water partition coefficient (Wildman–Crippen LogP) is 3.69. The summed E-state index contributed by atoms with van der Waals surface area (Å²) in [5, 5.41) is 9.41. The Bertz CT molecular complexity index is 1290. The lowest BCUT2D eigenvalue weighted by Crippen LogP contribution is -2.40. The number of ether oxygens (including phenoxy) is 1. The fourth-order valence-electron chi connectivity index (χ4n) is 3.90. The van der Waals surface area contributed by atoms with Crippen LogP contribution >= 0.6 is 11.8 Å². The summed E-state index contributed by atoms with van der Waals surface area (Å²) >= 11 is 1.33. The van der Waals surface area contributed by atoms with E-state index in [1.165, 1.54) is 16.1 Å². The third-order valence-corrected chi connectivity index (χ3v) is 9.06. The number of para-hydroxylation sites is 1. The Morgan fingerprint density at radius 2 is 1.83 bits per heavy atom. The zero-order valence-corrected chi connectivity index (χ0v) is 22.3. The molecule has 1 atom stereocenters. The van der Waals surface area contributed by atoms with Crippen LogP contribution in [-0.2, 0) is 19.6 Å². The molecule has 0 bridgehead atoms. The van der Waals surface area contributed by atoms with Gasteiger partial charge in [-0.3, -0.25) is 9.36 Å². The highest BCUT2D eigenvalue weighted by atomic mass is 32.2. The second-order valence-corrected chi connectivity index (χ2v) is 11.4. The number of amides is 1. The third kappa shape index (κ3) is 5.64. The number of aromatic nitrogens is 3. The highest BCUT2D eigenvalue weighted by molar-refractivity contribution is 7.99. The lowest BCUT2D eigenvalue weighted by Gasteiger charge is -2.26. The van der Waals surface area contributed by atoms with E-state index < -0.39 is 10.0 Å². The Morgan fingerprint density at radius 1 is 1.11 bits per heavy atom. The first-order chi connectivity index (χ1) is 17.3. The summed E-state index contributed by atoms with van der Waals surface area (Å²) in [6.45, 7) is 5.57. The molecule has 36 heavy (non-hydrogen) atoms. The summed E-state index contributed by atoms with van der Waals surface area (Å²) in [5.41, 5.74) is 1.49. The lowest BCUT2D eigenvalue weighted by molar-refractivity contribution is -0.115. The molecule has 0 radical (unpaired) electrons. The van der Waals surface area contributed by atoms with Gasteiger partial charge in [0, 0.05) is 37.4 Å². The summed E-state index contributed by atoms with van der Waals surface area (Å²) in [4.78, 5) is 14.7. The van der Waals surface area contributed by atoms with E-state index in [1.807, 2.05) is 41.0 Å². The molecular formula is C25H31N5O4S2. The number of hydrogen-bond acceptors (Lipinski definition) is 7. The number of thioether (sulfide) groups is 1. The van der Waals surface area contributed by atoms with Crippen molar-refractivity contribution in [2.45, 2.75) is 36.4 Å². The van der Waals surface area contributed by atoms with Crippen molar-refractivity contribution in [2.24, 2.45) is 0 Å². The Morgan fingerprint density at radius 3 is 2.53 bits per heavy atom. The fraction of sp³-hybridized carbons (Fsp3) is 0.400. The molecule has 2 heterocycles. The maximum Gasteiger partial charge on any atom is 0.243 e. The smallest absolute Gasteiger partial charge is 0.243 e. The summed E-state index contributed by atoms with van der Waals surface area (Å²) in [6.07, 6.45) is 0.822. The van der Waals surface area contributed by atoms with E-state index in [1.54, 1.807) is 30.1 Å². The number of benzene rings is 2. The van der Waals surface area contributed by atoms with Crippen molar-refractivity contribution in [3.05, 3.63) is 54.6 Å². The van der Waals surface area contributed by atoms with E-state index in [0.29, 0.717) is 42.8 Å². The van der Waals surface area contributed by atoms with Crippen LogP contribution in [0.5, 0.6) is 0 Å². The second-order valence-electron chi connectivity index (χ2n) is 8.55. The van der Waals surface area contributed by atoms with Gasteiger partial charge in [-0.2, -0.15) is 4.31 Å². The van der Waals surface area contributed by atoms with Crippen LogP contribution < -0.4 is 4.90 Å². The topological polar surface area (TPSA) is 97.6 Å². The predicted molar refractivity (Wildman–Crippen MR) is 141 cm³/mol. The van der Waals surface area contributed by atoms with Gasteiger partial charge in [-0.05, 0) is 37.6 Å². The lowest BCUT2D eigenvalue weighted by atomic mass is 10.2. The van der Waals surface area contributed by atoms with E-state index in [9.17, 15) is 13.2 Å². The SMILES string of the molecule is CC[C@H](C)n1c(SCC(=O)N(C)c2ccccc2)nnc1-c1cccc(S(=O)(=O)N2CCOCC2)c1. The van der Waals surface area contributed by atoms with Gasteiger partial charge >= 0.3 is 0 Å². The van der Waals surface area contributed by atoms with Gasteiger partial charge in [0.2, 0.25) is 15.9 Å². The van der Waals surface area contributed by atoms with Crippen LogP contribution in [0.15, 0.2) is 64.6 Å². The van der Waals surface area contributed by atoms with Crippen molar-refractivity contribution in [3.8, 4) is 11.4 Å². The van der Waals surface area contributed by atoms with Gasteiger partial charge in [-0.15, -0.1) is 10.2 Å². The molecule has 9 nitrogen and oxygen atoms in total. The largest absolute Gasteiger partial charge is 0.379 e. The average Bonchev–Trinajstić information content (AvgIpc) is 3.36. The number of sulfonamides is 1. The molecule has 0 N–H and O–H groups in total. The maximum atomic E-state index is 13.2. The molecule has 1 amide bonds. The molecule has 11 heteroatoms. The van der Waals surface area contributed by atoms with Crippen LogP contribution in [0.4, 0.5) is 5.69 Å².